The minimum atomic E-state index is -1.21. The highest BCUT2D eigenvalue weighted by Crippen LogP contribution is 2.13. The Labute approximate surface area is 111 Å². The van der Waals surface area contributed by atoms with Crippen molar-refractivity contribution in [1.29, 1.82) is 0 Å². The maximum absolute atomic E-state index is 12.0. The summed E-state index contributed by atoms with van der Waals surface area (Å²) in [6, 6.07) is -0.682. The highest BCUT2D eigenvalue weighted by atomic mass is 16.4. The van der Waals surface area contributed by atoms with Crippen LogP contribution in [0.25, 0.3) is 0 Å². The van der Waals surface area contributed by atoms with Gasteiger partial charge in [0.05, 0.1) is 5.69 Å². The van der Waals surface area contributed by atoms with Gasteiger partial charge in [-0.05, 0) is 27.7 Å². The first-order valence-corrected chi connectivity index (χ1v) is 5.87. The van der Waals surface area contributed by atoms with E-state index in [1.54, 1.807) is 6.92 Å². The third-order valence-corrected chi connectivity index (χ3v) is 2.43. The number of aromatic nitrogens is 3. The molecule has 1 aromatic heterocycles. The molecule has 0 saturated heterocycles. The molecule has 0 aromatic carbocycles. The Morgan fingerprint density at radius 1 is 1.47 bits per heavy atom. The summed E-state index contributed by atoms with van der Waals surface area (Å²) in [5.41, 5.74) is 5.12. The molecule has 0 bridgehead atoms. The molecule has 0 saturated carbocycles. The molecule has 19 heavy (non-hydrogen) atoms. The smallest absolute Gasteiger partial charge is 0.358 e. The molecule has 1 rings (SSSR count). The van der Waals surface area contributed by atoms with Crippen LogP contribution in [0, 0.1) is 0 Å². The highest BCUT2D eigenvalue weighted by Gasteiger charge is 2.26. The van der Waals surface area contributed by atoms with Crippen LogP contribution in [-0.2, 0) is 11.3 Å². The highest BCUT2D eigenvalue weighted by molar-refractivity contribution is 5.87. The van der Waals surface area contributed by atoms with E-state index < -0.39 is 12.0 Å². The van der Waals surface area contributed by atoms with Crippen LogP contribution in [0.1, 0.15) is 49.9 Å². The van der Waals surface area contributed by atoms with Crippen molar-refractivity contribution in [2.24, 2.45) is 5.73 Å². The molecule has 1 heterocycles. The fourth-order valence-electron chi connectivity index (χ4n) is 1.57. The number of rotatable bonds is 4. The van der Waals surface area contributed by atoms with Crippen molar-refractivity contribution in [2.75, 3.05) is 0 Å². The molecule has 0 aliphatic rings. The number of hydrogen-bond acceptors (Lipinski definition) is 5. The number of aromatic carboxylic acids is 1. The summed E-state index contributed by atoms with van der Waals surface area (Å²) in [7, 11) is 0. The maximum Gasteiger partial charge on any atom is 0.358 e. The summed E-state index contributed by atoms with van der Waals surface area (Å²) >= 11 is 0. The molecule has 1 aromatic rings. The second kappa shape index (κ2) is 5.35. The molecule has 8 heteroatoms. The average Bonchev–Trinajstić information content (AvgIpc) is 2.68. The summed E-state index contributed by atoms with van der Waals surface area (Å²) in [4.78, 5) is 23.0. The first-order valence-electron chi connectivity index (χ1n) is 5.87. The van der Waals surface area contributed by atoms with Crippen molar-refractivity contribution in [3.8, 4) is 0 Å². The van der Waals surface area contributed by atoms with Crippen molar-refractivity contribution in [1.82, 2.24) is 20.3 Å². The molecule has 1 atom stereocenters. The van der Waals surface area contributed by atoms with Gasteiger partial charge in [0, 0.05) is 12.1 Å². The predicted molar refractivity (Wildman–Crippen MR) is 67.5 cm³/mol. The van der Waals surface area contributed by atoms with Gasteiger partial charge < -0.3 is 16.2 Å². The molecule has 1 amide bonds. The average molecular weight is 269 g/mol. The van der Waals surface area contributed by atoms with E-state index >= 15 is 0 Å². The van der Waals surface area contributed by atoms with Gasteiger partial charge in [0.1, 0.15) is 6.04 Å². The van der Waals surface area contributed by atoms with Gasteiger partial charge in [-0.3, -0.25) is 4.79 Å². The SMILES string of the molecule is CC(C(=O)NC(C)(C)C)n1nnc(C(=O)O)c1CN. The fourth-order valence-corrected chi connectivity index (χ4v) is 1.57. The van der Waals surface area contributed by atoms with Crippen molar-refractivity contribution in [3.63, 3.8) is 0 Å². The third kappa shape index (κ3) is 3.50. The van der Waals surface area contributed by atoms with Gasteiger partial charge in [0.25, 0.3) is 0 Å². The van der Waals surface area contributed by atoms with Gasteiger partial charge >= 0.3 is 5.97 Å². The molecule has 0 fully saturated rings. The summed E-state index contributed by atoms with van der Waals surface area (Å²) in [5.74, 6) is -1.49. The standard InChI is InChI=1S/C11H19N5O3/c1-6(9(17)13-11(2,3)4)16-7(5-12)8(10(18)19)14-15-16/h6H,5,12H2,1-4H3,(H,13,17)(H,18,19). The number of hydrogen-bond donors (Lipinski definition) is 3. The van der Waals surface area contributed by atoms with E-state index in [0.717, 1.165) is 0 Å². The van der Waals surface area contributed by atoms with Crippen LogP contribution in [0.3, 0.4) is 0 Å². The Balaban J connectivity index is 3.03. The topological polar surface area (TPSA) is 123 Å². The van der Waals surface area contributed by atoms with Crippen LogP contribution in [0.4, 0.5) is 0 Å². The van der Waals surface area contributed by atoms with Crippen molar-refractivity contribution in [2.45, 2.75) is 45.8 Å². The lowest BCUT2D eigenvalue weighted by atomic mass is 10.1. The largest absolute Gasteiger partial charge is 0.476 e. The van der Waals surface area contributed by atoms with Crippen LogP contribution in [0.5, 0.6) is 0 Å². The molecule has 4 N–H and O–H groups in total. The van der Waals surface area contributed by atoms with E-state index in [4.69, 9.17) is 10.8 Å². The number of carbonyl (C=O) groups is 2. The van der Waals surface area contributed by atoms with Gasteiger partial charge in [-0.2, -0.15) is 0 Å². The first-order chi connectivity index (χ1) is 8.67. The molecule has 8 nitrogen and oxygen atoms in total. The van der Waals surface area contributed by atoms with Gasteiger partial charge in [-0.1, -0.05) is 5.21 Å². The Hall–Kier alpha value is -1.96. The number of nitrogens with zero attached hydrogens (tertiary/aromatic N) is 3. The predicted octanol–water partition coefficient (Wildman–Crippen LogP) is -0.0893. The molecule has 106 valence electrons. The lowest BCUT2D eigenvalue weighted by molar-refractivity contribution is -0.125. The molecule has 1 unspecified atom stereocenters. The van der Waals surface area contributed by atoms with Crippen molar-refractivity contribution >= 4 is 11.9 Å². The normalized spacial score (nSPS) is 13.1. The van der Waals surface area contributed by atoms with E-state index in [-0.39, 0.29) is 29.4 Å². The molecule has 0 radical (unpaired) electrons. The summed E-state index contributed by atoms with van der Waals surface area (Å²) in [6.45, 7) is 7.12. The lowest BCUT2D eigenvalue weighted by Gasteiger charge is -2.23. The van der Waals surface area contributed by atoms with Gasteiger partial charge in [-0.15, -0.1) is 5.10 Å². The third-order valence-electron chi connectivity index (χ3n) is 2.43. The molecule has 0 aliphatic carbocycles. The zero-order chi connectivity index (χ0) is 14.8. The van der Waals surface area contributed by atoms with Crippen LogP contribution in [0.2, 0.25) is 0 Å². The molecule has 0 spiro atoms. The van der Waals surface area contributed by atoms with Crippen LogP contribution in [0.15, 0.2) is 0 Å². The van der Waals surface area contributed by atoms with Crippen LogP contribution >= 0.6 is 0 Å². The summed E-state index contributed by atoms with van der Waals surface area (Å²) in [5, 5.41) is 19.0. The second-order valence-corrected chi connectivity index (χ2v) is 5.25. The minimum absolute atomic E-state index is 0.0538. The minimum Gasteiger partial charge on any atom is -0.476 e. The van der Waals surface area contributed by atoms with E-state index in [0.29, 0.717) is 0 Å². The van der Waals surface area contributed by atoms with Crippen LogP contribution in [-0.4, -0.2) is 37.5 Å². The van der Waals surface area contributed by atoms with Gasteiger partial charge in [0.15, 0.2) is 5.69 Å². The first kappa shape index (κ1) is 15.1. The summed E-state index contributed by atoms with van der Waals surface area (Å²) < 4.78 is 1.24. The van der Waals surface area contributed by atoms with Gasteiger partial charge in [0.2, 0.25) is 5.91 Å². The number of nitrogens with one attached hydrogen (secondary N) is 1. The number of nitrogens with two attached hydrogens (primary N) is 1. The Morgan fingerprint density at radius 2 is 2.05 bits per heavy atom. The molecule has 0 aliphatic heterocycles. The maximum atomic E-state index is 12.0. The number of carboxylic acid groups (broad SMARTS) is 1. The fraction of sp³-hybridized carbons (Fsp3) is 0.636. The van der Waals surface area contributed by atoms with Crippen molar-refractivity contribution < 1.29 is 14.7 Å². The second-order valence-electron chi connectivity index (χ2n) is 5.25. The number of carbonyl (C=O) groups excluding carboxylic acids is 1. The number of carboxylic acids is 1. The Bertz CT molecular complexity index is 489. The van der Waals surface area contributed by atoms with E-state index in [1.807, 2.05) is 20.8 Å². The molecular formula is C11H19N5O3. The Kier molecular flexibility index (Phi) is 4.25. The van der Waals surface area contributed by atoms with Crippen LogP contribution < -0.4 is 11.1 Å². The summed E-state index contributed by atoms with van der Waals surface area (Å²) in [6.07, 6.45) is 0. The van der Waals surface area contributed by atoms with Crippen molar-refractivity contribution in [3.05, 3.63) is 11.4 Å². The van der Waals surface area contributed by atoms with E-state index in [9.17, 15) is 9.59 Å². The zero-order valence-corrected chi connectivity index (χ0v) is 11.5. The monoisotopic (exact) mass is 269 g/mol. The van der Waals surface area contributed by atoms with Gasteiger partial charge in [-0.25, -0.2) is 9.48 Å². The Morgan fingerprint density at radius 3 is 2.47 bits per heavy atom. The van der Waals surface area contributed by atoms with E-state index in [2.05, 4.69) is 15.6 Å². The molecular weight excluding hydrogens is 250 g/mol. The number of amides is 1. The van der Waals surface area contributed by atoms with E-state index in [1.165, 1.54) is 4.68 Å². The lowest BCUT2D eigenvalue weighted by Crippen LogP contribution is -2.44. The zero-order valence-electron chi connectivity index (χ0n) is 11.5. The quantitative estimate of drug-likeness (QED) is 0.702.